The van der Waals surface area contributed by atoms with E-state index in [1.54, 1.807) is 7.11 Å². The highest BCUT2D eigenvalue weighted by Gasteiger charge is 2.88. The molecule has 0 amide bonds. The van der Waals surface area contributed by atoms with Crippen LogP contribution in [0, 0.1) is 23.2 Å². The first-order valence-corrected chi connectivity index (χ1v) is 6.15. The van der Waals surface area contributed by atoms with Crippen molar-refractivity contribution in [3.8, 4) is 0 Å². The van der Waals surface area contributed by atoms with Crippen LogP contribution in [0.1, 0.15) is 25.7 Å². The van der Waals surface area contributed by atoms with E-state index in [9.17, 15) is 5.11 Å². The Labute approximate surface area is 90.0 Å². The van der Waals surface area contributed by atoms with Crippen LogP contribution in [-0.4, -0.2) is 30.0 Å². The van der Waals surface area contributed by atoms with Crippen LogP contribution in [-0.2, 0) is 4.74 Å². The quantitative estimate of drug-likeness (QED) is 0.661. The minimum absolute atomic E-state index is 0.0354. The van der Waals surface area contributed by atoms with Crippen LogP contribution in [0.15, 0.2) is 0 Å². The molecule has 0 bridgehead atoms. The normalized spacial score (nSPS) is 69.4. The molecule has 0 radical (unpaired) electrons. The Morgan fingerprint density at radius 3 is 2.53 bits per heavy atom. The van der Waals surface area contributed by atoms with Gasteiger partial charge in [-0.2, -0.15) is 0 Å². The monoisotopic (exact) mass is 209 g/mol. The zero-order valence-corrected chi connectivity index (χ0v) is 9.15. The summed E-state index contributed by atoms with van der Waals surface area (Å²) in [5, 5.41) is 9.99. The predicted octanol–water partition coefficient (Wildman–Crippen LogP) is 0.510. The molecular weight excluding hydrogens is 190 g/mol. The summed E-state index contributed by atoms with van der Waals surface area (Å²) in [6.45, 7) is 0. The van der Waals surface area contributed by atoms with Gasteiger partial charge in [0, 0.05) is 12.6 Å². The topological polar surface area (TPSA) is 55.5 Å². The number of nitrogens with two attached hydrogens (primary N) is 1. The summed E-state index contributed by atoms with van der Waals surface area (Å²) in [7, 11) is 1.71. The number of hydrogen-bond donors (Lipinski definition) is 2. The highest BCUT2D eigenvalue weighted by Crippen LogP contribution is 2.85. The van der Waals surface area contributed by atoms with Crippen molar-refractivity contribution >= 4 is 0 Å². The Morgan fingerprint density at radius 1 is 1.27 bits per heavy atom. The number of rotatable bonds is 1. The molecule has 0 saturated heterocycles. The lowest BCUT2D eigenvalue weighted by Gasteiger charge is -2.54. The number of methoxy groups -OCH3 is 1. The van der Waals surface area contributed by atoms with Gasteiger partial charge in [-0.15, -0.1) is 0 Å². The summed E-state index contributed by atoms with van der Waals surface area (Å²) < 4.78 is 5.37. The smallest absolute Gasteiger partial charge is 0.0836 e. The lowest BCUT2D eigenvalue weighted by atomic mass is 9.53. The summed E-state index contributed by atoms with van der Waals surface area (Å²) in [5.74, 6) is 2.40. The minimum Gasteiger partial charge on any atom is -0.390 e. The Hall–Kier alpha value is -0.120. The lowest BCUT2D eigenvalue weighted by Crippen LogP contribution is -2.61. The molecule has 15 heavy (non-hydrogen) atoms. The van der Waals surface area contributed by atoms with E-state index in [2.05, 4.69) is 0 Å². The molecule has 0 aromatic heterocycles. The van der Waals surface area contributed by atoms with E-state index in [4.69, 9.17) is 10.5 Å². The molecule has 2 unspecified atom stereocenters. The Balaban J connectivity index is 1.69. The zero-order valence-electron chi connectivity index (χ0n) is 9.15. The minimum atomic E-state index is -0.279. The van der Waals surface area contributed by atoms with E-state index in [-0.39, 0.29) is 23.2 Å². The van der Waals surface area contributed by atoms with Crippen molar-refractivity contribution in [1.29, 1.82) is 0 Å². The Kier molecular flexibility index (Phi) is 1.35. The van der Waals surface area contributed by atoms with Gasteiger partial charge in [0.15, 0.2) is 0 Å². The molecule has 3 N–H and O–H groups in total. The third-order valence-corrected chi connectivity index (χ3v) is 6.15. The molecule has 0 aliphatic heterocycles. The molecule has 4 aliphatic rings. The van der Waals surface area contributed by atoms with Crippen molar-refractivity contribution in [2.75, 3.05) is 7.11 Å². The van der Waals surface area contributed by atoms with Crippen LogP contribution in [0.5, 0.6) is 0 Å². The van der Waals surface area contributed by atoms with Gasteiger partial charge in [0.1, 0.15) is 0 Å². The van der Waals surface area contributed by atoms with Crippen LogP contribution < -0.4 is 5.73 Å². The molecular formula is C12H19NO2. The van der Waals surface area contributed by atoms with Crippen LogP contribution >= 0.6 is 0 Å². The van der Waals surface area contributed by atoms with Crippen molar-refractivity contribution < 1.29 is 9.84 Å². The Bertz CT molecular complexity index is 328. The number of ether oxygens (including phenoxy) is 1. The van der Waals surface area contributed by atoms with Gasteiger partial charge in [-0.05, 0) is 48.9 Å². The van der Waals surface area contributed by atoms with E-state index in [0.29, 0.717) is 0 Å². The van der Waals surface area contributed by atoms with Crippen molar-refractivity contribution in [3.63, 3.8) is 0 Å². The highest BCUT2D eigenvalue weighted by molar-refractivity contribution is 5.41. The number of fused-ring (bicyclic) bond motifs is 3. The molecule has 0 aromatic rings. The molecule has 0 heterocycles. The predicted molar refractivity (Wildman–Crippen MR) is 55.1 cm³/mol. The molecule has 7 atom stereocenters. The average Bonchev–Trinajstić information content (AvgIpc) is 2.60. The fourth-order valence-corrected chi connectivity index (χ4v) is 5.61. The summed E-state index contributed by atoms with van der Waals surface area (Å²) in [6, 6.07) is 0. The molecule has 84 valence electrons. The first kappa shape index (κ1) is 8.97. The van der Waals surface area contributed by atoms with Crippen LogP contribution in [0.4, 0.5) is 0 Å². The fourth-order valence-electron chi connectivity index (χ4n) is 5.61. The molecule has 3 heteroatoms. The van der Waals surface area contributed by atoms with E-state index in [1.807, 2.05) is 0 Å². The molecule has 4 saturated carbocycles. The lowest BCUT2D eigenvalue weighted by molar-refractivity contribution is -0.0323. The molecule has 4 rings (SSSR count). The maximum Gasteiger partial charge on any atom is 0.0836 e. The van der Waals surface area contributed by atoms with E-state index in [1.165, 1.54) is 12.8 Å². The maximum atomic E-state index is 9.99. The molecule has 4 fully saturated rings. The van der Waals surface area contributed by atoms with Gasteiger partial charge in [-0.1, -0.05) is 0 Å². The van der Waals surface area contributed by atoms with Gasteiger partial charge in [0.05, 0.1) is 12.2 Å². The van der Waals surface area contributed by atoms with Crippen molar-refractivity contribution in [1.82, 2.24) is 0 Å². The van der Waals surface area contributed by atoms with E-state index < -0.39 is 0 Å². The van der Waals surface area contributed by atoms with Crippen molar-refractivity contribution in [3.05, 3.63) is 0 Å². The summed E-state index contributed by atoms with van der Waals surface area (Å²) in [5.41, 5.74) is 6.89. The van der Waals surface area contributed by atoms with Gasteiger partial charge < -0.3 is 15.6 Å². The van der Waals surface area contributed by atoms with Gasteiger partial charge >= 0.3 is 0 Å². The highest BCUT2D eigenvalue weighted by atomic mass is 16.5. The van der Waals surface area contributed by atoms with E-state index in [0.717, 1.165) is 30.6 Å². The van der Waals surface area contributed by atoms with Crippen molar-refractivity contribution in [2.24, 2.45) is 28.9 Å². The Morgan fingerprint density at radius 2 is 2.00 bits per heavy atom. The standard InChI is InChI=1S/C12H19NO2/c1-15-9-5-11(4-8(9)14)6-2-3-7-10(6)12(7,11)13/h6-10,14H,2-5,13H2,1H3/t6-,7+,8?,9-,10?,11+,12+/m0/s1. The third-order valence-electron chi connectivity index (χ3n) is 6.15. The summed E-state index contributed by atoms with van der Waals surface area (Å²) in [4.78, 5) is 0. The van der Waals surface area contributed by atoms with Crippen molar-refractivity contribution in [2.45, 2.75) is 43.4 Å². The third kappa shape index (κ3) is 0.675. The summed E-state index contributed by atoms with van der Waals surface area (Å²) in [6.07, 6.45) is 4.32. The molecule has 0 aromatic carbocycles. The van der Waals surface area contributed by atoms with Gasteiger partial charge in [0.2, 0.25) is 0 Å². The first-order valence-electron chi connectivity index (χ1n) is 6.15. The molecule has 3 nitrogen and oxygen atoms in total. The number of hydrogen-bond acceptors (Lipinski definition) is 3. The fraction of sp³-hybridized carbons (Fsp3) is 1.00. The number of aliphatic hydroxyl groups excluding tert-OH is 1. The maximum absolute atomic E-state index is 9.99. The molecule has 4 aliphatic carbocycles. The number of aliphatic hydroxyl groups is 1. The van der Waals surface area contributed by atoms with Crippen LogP contribution in [0.3, 0.4) is 0 Å². The van der Waals surface area contributed by atoms with Crippen LogP contribution in [0.2, 0.25) is 0 Å². The summed E-state index contributed by atoms with van der Waals surface area (Å²) >= 11 is 0. The average molecular weight is 209 g/mol. The largest absolute Gasteiger partial charge is 0.390 e. The second-order valence-electron chi connectivity index (χ2n) is 6.16. The first-order chi connectivity index (χ1) is 7.15. The molecule has 1 spiro atoms. The SMILES string of the molecule is CO[C@H]1C[C@]2(CC1O)[C@H]1CC[C@@H]3C1[C@]32N. The van der Waals surface area contributed by atoms with Gasteiger partial charge in [0.25, 0.3) is 0 Å². The zero-order chi connectivity index (χ0) is 10.4. The second-order valence-corrected chi connectivity index (χ2v) is 6.16. The van der Waals surface area contributed by atoms with Crippen LogP contribution in [0.25, 0.3) is 0 Å². The second kappa shape index (κ2) is 2.27. The van der Waals surface area contributed by atoms with E-state index >= 15 is 0 Å². The van der Waals surface area contributed by atoms with Gasteiger partial charge in [-0.25, -0.2) is 0 Å². The van der Waals surface area contributed by atoms with Gasteiger partial charge in [-0.3, -0.25) is 0 Å².